The number of non-ortho nitro benzene ring substituents is 1. The number of nitro groups is 1. The molecule has 0 saturated carbocycles. The maximum atomic E-state index is 10.7. The molecule has 0 aliphatic heterocycles. The van der Waals surface area contributed by atoms with Crippen LogP contribution in [0.1, 0.15) is 0 Å². The highest BCUT2D eigenvalue weighted by Gasteiger charge is 2.14. The third-order valence-corrected chi connectivity index (χ3v) is 3.15. The van der Waals surface area contributed by atoms with E-state index in [9.17, 15) is 10.1 Å². The number of nitrogens with zero attached hydrogens (tertiary/aromatic N) is 5. The van der Waals surface area contributed by atoms with Gasteiger partial charge in [0.1, 0.15) is 5.69 Å². The molecule has 0 amide bonds. The van der Waals surface area contributed by atoms with Gasteiger partial charge in [0, 0.05) is 17.7 Å². The minimum atomic E-state index is -0.494. The van der Waals surface area contributed by atoms with Crippen LogP contribution in [0.25, 0.3) is 22.4 Å². The monoisotopic (exact) mass is 353 g/mol. The summed E-state index contributed by atoms with van der Waals surface area (Å²) in [5.41, 5.74) is 12.5. The molecule has 2 heterocycles. The van der Waals surface area contributed by atoms with Crippen LogP contribution in [-0.4, -0.2) is 24.9 Å². The minimum Gasteiger partial charge on any atom is -0.382 e. The highest BCUT2D eigenvalue weighted by atomic mass is 35.5. The summed E-state index contributed by atoms with van der Waals surface area (Å²) in [5, 5.41) is 10.8. The first kappa shape index (κ1) is 16.6. The van der Waals surface area contributed by atoms with Crippen molar-refractivity contribution in [1.82, 2.24) is 19.9 Å². The van der Waals surface area contributed by atoms with Gasteiger partial charge in [0.25, 0.3) is 5.69 Å². The fourth-order valence-electron chi connectivity index (χ4n) is 1.89. The van der Waals surface area contributed by atoms with Gasteiger partial charge in [-0.15, -0.1) is 12.4 Å². The predicted octanol–water partition coefficient (Wildman–Crippen LogP) is 2.23. The Morgan fingerprint density at radius 2 is 1.70 bits per heavy atom. The van der Waals surface area contributed by atoms with Gasteiger partial charge in [-0.05, 0) is 12.1 Å². The summed E-state index contributed by atoms with van der Waals surface area (Å²) in [5.74, 6) is 0.0493. The maximum Gasteiger partial charge on any atom is 0.269 e. The number of fused-ring (bicyclic) bond motifs is 1. The number of nitro benzene ring substituents is 1. The van der Waals surface area contributed by atoms with Gasteiger partial charge in [0.2, 0.25) is 5.95 Å². The molecule has 0 radical (unpaired) electrons. The van der Waals surface area contributed by atoms with E-state index in [2.05, 4.69) is 19.9 Å². The fraction of sp³-hybridized carbons (Fsp3) is 0. The molecule has 118 valence electrons. The summed E-state index contributed by atoms with van der Waals surface area (Å²) in [7, 11) is 0. The lowest BCUT2D eigenvalue weighted by atomic mass is 10.1. The summed E-state index contributed by atoms with van der Waals surface area (Å²) < 4.78 is 0. The first-order chi connectivity index (χ1) is 10.5. The summed E-state index contributed by atoms with van der Waals surface area (Å²) in [6.45, 7) is 0. The smallest absolute Gasteiger partial charge is 0.269 e. The van der Waals surface area contributed by atoms with Gasteiger partial charge in [-0.2, -0.15) is 9.97 Å². The van der Waals surface area contributed by atoms with Crippen LogP contribution in [0.4, 0.5) is 17.5 Å². The van der Waals surface area contributed by atoms with Crippen LogP contribution >= 0.6 is 24.0 Å². The molecule has 0 spiro atoms. The molecule has 1 aromatic carbocycles. The van der Waals surface area contributed by atoms with E-state index in [1.165, 1.54) is 24.3 Å². The minimum absolute atomic E-state index is 0. The van der Waals surface area contributed by atoms with Crippen LogP contribution < -0.4 is 11.5 Å². The van der Waals surface area contributed by atoms with Gasteiger partial charge >= 0.3 is 0 Å². The van der Waals surface area contributed by atoms with Crippen LogP contribution in [0.5, 0.6) is 0 Å². The Morgan fingerprint density at radius 3 is 2.30 bits per heavy atom. The Labute approximate surface area is 140 Å². The number of hydrogen-bond acceptors (Lipinski definition) is 8. The number of hydrogen-bond donors (Lipinski definition) is 2. The number of nitrogen functional groups attached to an aromatic ring is 2. The lowest BCUT2D eigenvalue weighted by Crippen LogP contribution is -2.04. The van der Waals surface area contributed by atoms with E-state index in [0.717, 1.165) is 0 Å². The first-order valence-electron chi connectivity index (χ1n) is 5.97. The molecular formula is C12H9Cl2N7O2. The Kier molecular flexibility index (Phi) is 4.43. The van der Waals surface area contributed by atoms with Crippen LogP contribution in [-0.2, 0) is 0 Å². The summed E-state index contributed by atoms with van der Waals surface area (Å²) in [6, 6.07) is 5.74. The van der Waals surface area contributed by atoms with Crippen LogP contribution in [0.2, 0.25) is 5.15 Å². The molecule has 4 N–H and O–H groups in total. The lowest BCUT2D eigenvalue weighted by molar-refractivity contribution is -0.384. The van der Waals surface area contributed by atoms with E-state index in [-0.39, 0.29) is 46.2 Å². The van der Waals surface area contributed by atoms with E-state index in [1.54, 1.807) is 0 Å². The molecule has 11 heteroatoms. The van der Waals surface area contributed by atoms with Crippen LogP contribution in [0.15, 0.2) is 24.3 Å². The third kappa shape index (κ3) is 3.05. The molecular weight excluding hydrogens is 345 g/mol. The number of nitrogens with two attached hydrogens (primary N) is 2. The van der Waals surface area contributed by atoms with Gasteiger partial charge in [0.05, 0.1) is 4.92 Å². The highest BCUT2D eigenvalue weighted by molar-refractivity contribution is 6.32. The molecule has 9 nitrogen and oxygen atoms in total. The number of aromatic nitrogens is 4. The third-order valence-electron chi connectivity index (χ3n) is 2.88. The molecule has 0 unspecified atom stereocenters. The highest BCUT2D eigenvalue weighted by Crippen LogP contribution is 2.29. The van der Waals surface area contributed by atoms with Crippen LogP contribution in [0.3, 0.4) is 0 Å². The Hall–Kier alpha value is -2.78. The molecule has 0 saturated heterocycles. The lowest BCUT2D eigenvalue weighted by Gasteiger charge is -2.06. The molecule has 3 rings (SSSR count). The van der Waals surface area contributed by atoms with Gasteiger partial charge < -0.3 is 11.5 Å². The molecule has 0 fully saturated rings. The van der Waals surface area contributed by atoms with Crippen molar-refractivity contribution in [2.75, 3.05) is 11.5 Å². The normalized spacial score (nSPS) is 10.3. The SMILES string of the molecule is Cl.Nc1nc(N)c2nc(-c3ccc([N+](=O)[O-])cc3)c(Cl)nc2n1. The molecule has 3 aromatic rings. The second kappa shape index (κ2) is 6.15. The Morgan fingerprint density at radius 1 is 1.04 bits per heavy atom. The zero-order chi connectivity index (χ0) is 15.9. The summed E-state index contributed by atoms with van der Waals surface area (Å²) >= 11 is 6.10. The average Bonchev–Trinajstić information content (AvgIpc) is 2.46. The zero-order valence-corrected chi connectivity index (χ0v) is 12.9. The van der Waals surface area contributed by atoms with E-state index in [0.29, 0.717) is 11.3 Å². The second-order valence-electron chi connectivity index (χ2n) is 4.31. The van der Waals surface area contributed by atoms with E-state index in [4.69, 9.17) is 23.1 Å². The topological polar surface area (TPSA) is 147 Å². The maximum absolute atomic E-state index is 10.7. The Bertz CT molecular complexity index is 902. The molecule has 0 aliphatic rings. The Balaban J connectivity index is 0.00000192. The average molecular weight is 354 g/mol. The van der Waals surface area contributed by atoms with Crippen molar-refractivity contribution < 1.29 is 4.92 Å². The molecule has 0 bridgehead atoms. The fourth-order valence-corrected chi connectivity index (χ4v) is 2.12. The van der Waals surface area contributed by atoms with Gasteiger partial charge in [-0.1, -0.05) is 11.6 Å². The van der Waals surface area contributed by atoms with Gasteiger partial charge in [-0.3, -0.25) is 10.1 Å². The zero-order valence-electron chi connectivity index (χ0n) is 11.3. The van der Waals surface area contributed by atoms with Gasteiger partial charge in [0.15, 0.2) is 22.1 Å². The number of anilines is 2. The van der Waals surface area contributed by atoms with Crippen LogP contribution in [0, 0.1) is 10.1 Å². The molecule has 23 heavy (non-hydrogen) atoms. The summed E-state index contributed by atoms with van der Waals surface area (Å²) in [4.78, 5) is 26.3. The number of benzene rings is 1. The van der Waals surface area contributed by atoms with Gasteiger partial charge in [-0.25, -0.2) is 9.97 Å². The van der Waals surface area contributed by atoms with Crippen molar-refractivity contribution in [1.29, 1.82) is 0 Å². The van der Waals surface area contributed by atoms with Crippen molar-refractivity contribution in [3.05, 3.63) is 39.5 Å². The largest absolute Gasteiger partial charge is 0.382 e. The second-order valence-corrected chi connectivity index (χ2v) is 4.66. The van der Waals surface area contributed by atoms with Crippen molar-refractivity contribution in [3.8, 4) is 11.3 Å². The number of rotatable bonds is 2. The van der Waals surface area contributed by atoms with E-state index >= 15 is 0 Å². The van der Waals surface area contributed by atoms with E-state index in [1.807, 2.05) is 0 Å². The summed E-state index contributed by atoms with van der Waals surface area (Å²) in [6.07, 6.45) is 0. The van der Waals surface area contributed by atoms with Crippen molar-refractivity contribution in [2.24, 2.45) is 0 Å². The van der Waals surface area contributed by atoms with E-state index < -0.39 is 4.92 Å². The molecule has 0 aliphatic carbocycles. The molecule has 2 aromatic heterocycles. The van der Waals surface area contributed by atoms with Crippen molar-refractivity contribution >= 4 is 52.6 Å². The number of halogens is 2. The first-order valence-corrected chi connectivity index (χ1v) is 6.34. The molecule has 0 atom stereocenters. The quantitative estimate of drug-likeness (QED) is 0.526. The van der Waals surface area contributed by atoms with Crippen molar-refractivity contribution in [3.63, 3.8) is 0 Å². The predicted molar refractivity (Wildman–Crippen MR) is 88.3 cm³/mol. The standard InChI is InChI=1S/C12H8ClN7O2.ClH/c13-9-7(5-1-3-6(4-2-5)20(21)22)16-8-10(14)18-12(15)19-11(8)17-9;/h1-4H,(H4,14,15,17,18,19);1H. The van der Waals surface area contributed by atoms with Crippen molar-refractivity contribution in [2.45, 2.75) is 0 Å².